The maximum Gasteiger partial charge on any atom is 0.0465 e. The summed E-state index contributed by atoms with van der Waals surface area (Å²) in [5.41, 5.74) is 0. The number of rotatable bonds is 1. The molecule has 60 valence electrons. The Hall–Kier alpha value is -0.560. The molecule has 2 rings (SSSR count). The minimum absolute atomic E-state index is 0.360. The van der Waals surface area contributed by atoms with Crippen molar-refractivity contribution in [2.75, 3.05) is 6.61 Å². The van der Waals surface area contributed by atoms with Crippen LogP contribution in [0.25, 0.3) is 0 Å². The van der Waals surface area contributed by atoms with Crippen LogP contribution in [0, 0.1) is 17.8 Å². The van der Waals surface area contributed by atoms with Crippen molar-refractivity contribution in [3.8, 4) is 0 Å². The lowest BCUT2D eigenvalue weighted by Gasteiger charge is -2.11. The smallest absolute Gasteiger partial charge is 0.0465 e. The predicted octanol–water partition coefficient (Wildman–Crippen LogP) is 1.75. The molecule has 1 nitrogen and oxygen atoms in total. The maximum absolute atomic E-state index is 9.05. The zero-order valence-corrected chi connectivity index (χ0v) is 6.61. The Bertz CT molecular complexity index is 193. The van der Waals surface area contributed by atoms with E-state index in [4.69, 9.17) is 5.11 Å². The molecule has 0 aromatic carbocycles. The van der Waals surface area contributed by atoms with Crippen LogP contribution in [-0.4, -0.2) is 11.7 Å². The van der Waals surface area contributed by atoms with Crippen molar-refractivity contribution in [1.29, 1.82) is 0 Å². The van der Waals surface area contributed by atoms with Crippen LogP contribution in [0.5, 0.6) is 0 Å². The van der Waals surface area contributed by atoms with Crippen molar-refractivity contribution < 1.29 is 5.11 Å². The van der Waals surface area contributed by atoms with E-state index in [1.165, 1.54) is 12.8 Å². The fourth-order valence-electron chi connectivity index (χ4n) is 2.23. The van der Waals surface area contributed by atoms with Crippen molar-refractivity contribution in [1.82, 2.24) is 0 Å². The molecule has 1 N–H and O–H groups in total. The van der Waals surface area contributed by atoms with E-state index in [0.29, 0.717) is 18.4 Å². The van der Waals surface area contributed by atoms with Crippen LogP contribution in [0.3, 0.4) is 0 Å². The van der Waals surface area contributed by atoms with Gasteiger partial charge < -0.3 is 5.11 Å². The summed E-state index contributed by atoms with van der Waals surface area (Å²) in [5.74, 6) is 1.90. The highest BCUT2D eigenvalue weighted by Crippen LogP contribution is 2.38. The summed E-state index contributed by atoms with van der Waals surface area (Å²) < 4.78 is 0. The summed E-state index contributed by atoms with van der Waals surface area (Å²) in [6.45, 7) is 0.360. The van der Waals surface area contributed by atoms with Crippen LogP contribution < -0.4 is 0 Å². The van der Waals surface area contributed by atoms with E-state index < -0.39 is 0 Å². The molecule has 0 aliphatic heterocycles. The Labute approximate surface area is 67.4 Å². The summed E-state index contributed by atoms with van der Waals surface area (Å²) in [4.78, 5) is 0. The first-order valence-corrected chi connectivity index (χ1v) is 4.36. The SMILES string of the molecule is OC[C@H]1C[C@H]2C=CC=C[C@@H]1C2. The van der Waals surface area contributed by atoms with Gasteiger partial charge in [0.15, 0.2) is 0 Å². The molecule has 2 aliphatic carbocycles. The molecule has 1 fully saturated rings. The molecule has 3 atom stereocenters. The predicted molar refractivity (Wildman–Crippen MR) is 45.1 cm³/mol. The van der Waals surface area contributed by atoms with E-state index in [9.17, 15) is 0 Å². The van der Waals surface area contributed by atoms with Gasteiger partial charge in [-0.15, -0.1) is 0 Å². The van der Waals surface area contributed by atoms with E-state index in [1.54, 1.807) is 0 Å². The zero-order valence-electron chi connectivity index (χ0n) is 6.61. The Morgan fingerprint density at radius 2 is 2.00 bits per heavy atom. The van der Waals surface area contributed by atoms with Crippen molar-refractivity contribution in [2.24, 2.45) is 17.8 Å². The average molecular weight is 150 g/mol. The van der Waals surface area contributed by atoms with Crippen molar-refractivity contribution in [2.45, 2.75) is 12.8 Å². The van der Waals surface area contributed by atoms with Gasteiger partial charge >= 0.3 is 0 Å². The molecule has 1 heteroatoms. The molecule has 0 amide bonds. The second-order valence-corrected chi connectivity index (χ2v) is 3.61. The van der Waals surface area contributed by atoms with Gasteiger partial charge in [0.1, 0.15) is 0 Å². The third-order valence-corrected chi connectivity index (χ3v) is 2.87. The number of aliphatic hydroxyl groups is 1. The number of hydrogen-bond acceptors (Lipinski definition) is 1. The maximum atomic E-state index is 9.05. The molecule has 2 aliphatic rings. The van der Waals surface area contributed by atoms with E-state index in [-0.39, 0.29) is 0 Å². The quantitative estimate of drug-likeness (QED) is 0.603. The Kier molecular flexibility index (Phi) is 1.82. The minimum Gasteiger partial charge on any atom is -0.396 e. The van der Waals surface area contributed by atoms with E-state index >= 15 is 0 Å². The number of fused-ring (bicyclic) bond motifs is 2. The highest BCUT2D eigenvalue weighted by Gasteiger charge is 2.31. The van der Waals surface area contributed by atoms with Gasteiger partial charge in [-0.25, -0.2) is 0 Å². The van der Waals surface area contributed by atoms with Gasteiger partial charge in [-0.05, 0) is 30.6 Å². The minimum atomic E-state index is 0.360. The van der Waals surface area contributed by atoms with Gasteiger partial charge in [0.2, 0.25) is 0 Å². The number of aliphatic hydroxyl groups excluding tert-OH is 1. The lowest BCUT2D eigenvalue weighted by molar-refractivity contribution is 0.209. The van der Waals surface area contributed by atoms with Gasteiger partial charge in [-0.1, -0.05) is 24.3 Å². The Morgan fingerprint density at radius 1 is 1.18 bits per heavy atom. The molecule has 0 radical (unpaired) electrons. The first kappa shape index (κ1) is 7.11. The average Bonchev–Trinajstić information content (AvgIpc) is 2.22. The molecule has 0 unspecified atom stereocenters. The van der Waals surface area contributed by atoms with Crippen molar-refractivity contribution in [3.05, 3.63) is 24.3 Å². The number of hydrogen-bond donors (Lipinski definition) is 1. The lowest BCUT2D eigenvalue weighted by Crippen LogP contribution is -2.09. The van der Waals surface area contributed by atoms with E-state index in [0.717, 1.165) is 5.92 Å². The van der Waals surface area contributed by atoms with Gasteiger partial charge in [0.05, 0.1) is 0 Å². The molecule has 11 heavy (non-hydrogen) atoms. The molecule has 2 bridgehead atoms. The Balaban J connectivity index is 2.14. The molecule has 1 saturated carbocycles. The molecule has 0 saturated heterocycles. The fraction of sp³-hybridized carbons (Fsp3) is 0.600. The van der Waals surface area contributed by atoms with E-state index in [2.05, 4.69) is 24.3 Å². The van der Waals surface area contributed by atoms with Gasteiger partial charge in [0.25, 0.3) is 0 Å². The summed E-state index contributed by atoms with van der Waals surface area (Å²) >= 11 is 0. The second kappa shape index (κ2) is 2.82. The largest absolute Gasteiger partial charge is 0.396 e. The fourth-order valence-corrected chi connectivity index (χ4v) is 2.23. The van der Waals surface area contributed by atoms with Crippen molar-refractivity contribution in [3.63, 3.8) is 0 Å². The summed E-state index contributed by atoms with van der Waals surface area (Å²) in [7, 11) is 0. The van der Waals surface area contributed by atoms with Crippen LogP contribution >= 0.6 is 0 Å². The van der Waals surface area contributed by atoms with Gasteiger partial charge in [0, 0.05) is 6.61 Å². The standard InChI is InChI=1S/C10H14O/c11-7-10-6-8-3-1-2-4-9(10)5-8/h1-4,8-11H,5-7H2/t8-,9+,10+/m0/s1. The van der Waals surface area contributed by atoms with Crippen LogP contribution in [0.15, 0.2) is 24.3 Å². The molecule has 0 spiro atoms. The third-order valence-electron chi connectivity index (χ3n) is 2.87. The van der Waals surface area contributed by atoms with Gasteiger partial charge in [-0.2, -0.15) is 0 Å². The first-order chi connectivity index (χ1) is 5.40. The van der Waals surface area contributed by atoms with Gasteiger partial charge in [-0.3, -0.25) is 0 Å². The summed E-state index contributed by atoms with van der Waals surface area (Å²) in [6, 6.07) is 0. The summed E-state index contributed by atoms with van der Waals surface area (Å²) in [6.07, 6.45) is 11.2. The van der Waals surface area contributed by atoms with Crippen LogP contribution in [0.4, 0.5) is 0 Å². The number of allylic oxidation sites excluding steroid dienone is 4. The zero-order chi connectivity index (χ0) is 7.68. The summed E-state index contributed by atoms with van der Waals surface area (Å²) in [5, 5.41) is 9.05. The molecular weight excluding hydrogens is 136 g/mol. The normalized spacial score (nSPS) is 41.0. The molecule has 0 aromatic rings. The van der Waals surface area contributed by atoms with Crippen LogP contribution in [-0.2, 0) is 0 Å². The highest BCUT2D eigenvalue weighted by atomic mass is 16.3. The molecular formula is C10H14O. The lowest BCUT2D eigenvalue weighted by atomic mass is 9.96. The molecule has 0 heterocycles. The molecule has 0 aromatic heterocycles. The second-order valence-electron chi connectivity index (χ2n) is 3.61. The Morgan fingerprint density at radius 3 is 2.82 bits per heavy atom. The highest BCUT2D eigenvalue weighted by molar-refractivity contribution is 5.14. The van der Waals surface area contributed by atoms with Crippen LogP contribution in [0.2, 0.25) is 0 Å². The third kappa shape index (κ3) is 1.25. The monoisotopic (exact) mass is 150 g/mol. The van der Waals surface area contributed by atoms with Crippen molar-refractivity contribution >= 4 is 0 Å². The topological polar surface area (TPSA) is 20.2 Å². The first-order valence-electron chi connectivity index (χ1n) is 4.36. The van der Waals surface area contributed by atoms with Crippen LogP contribution in [0.1, 0.15) is 12.8 Å². The van der Waals surface area contributed by atoms with E-state index in [1.807, 2.05) is 0 Å².